The molecular formula is C28H32N4O3. The Morgan fingerprint density at radius 2 is 1.43 bits per heavy atom. The van der Waals surface area contributed by atoms with Crippen LogP contribution in [0.4, 0.5) is 11.4 Å². The molecule has 7 heterocycles. The number of ether oxygens (including phenoxy) is 2. The number of anilines is 2. The lowest BCUT2D eigenvalue weighted by Gasteiger charge is -2.74. The van der Waals surface area contributed by atoms with Crippen molar-refractivity contribution in [3.05, 3.63) is 47.5 Å². The van der Waals surface area contributed by atoms with Gasteiger partial charge in [-0.1, -0.05) is 26.0 Å². The molecule has 0 aromatic heterocycles. The molecule has 0 aliphatic carbocycles. The van der Waals surface area contributed by atoms with Gasteiger partial charge in [-0.15, -0.1) is 0 Å². The number of carbonyl (C=O) groups excluding carboxylic acids is 1. The summed E-state index contributed by atoms with van der Waals surface area (Å²) in [7, 11) is 3.43. The fourth-order valence-electron chi connectivity index (χ4n) is 9.50. The van der Waals surface area contributed by atoms with Crippen LogP contribution in [0.1, 0.15) is 49.7 Å². The van der Waals surface area contributed by atoms with E-state index in [0.29, 0.717) is 17.7 Å². The summed E-state index contributed by atoms with van der Waals surface area (Å²) in [5.41, 5.74) is 3.91. The maximum atomic E-state index is 14.5. The molecule has 0 radical (unpaired) electrons. The third kappa shape index (κ3) is 1.85. The first-order valence-corrected chi connectivity index (χ1v) is 12.9. The van der Waals surface area contributed by atoms with E-state index in [1.54, 1.807) is 14.2 Å². The van der Waals surface area contributed by atoms with Crippen LogP contribution in [0, 0.1) is 5.41 Å². The van der Waals surface area contributed by atoms with E-state index in [9.17, 15) is 4.79 Å². The predicted molar refractivity (Wildman–Crippen MR) is 133 cm³/mol. The van der Waals surface area contributed by atoms with Crippen molar-refractivity contribution in [3.8, 4) is 11.5 Å². The Morgan fingerprint density at radius 1 is 0.857 bits per heavy atom. The molecule has 35 heavy (non-hydrogen) atoms. The highest BCUT2D eigenvalue weighted by atomic mass is 16.5. The molecule has 7 aliphatic rings. The Bertz CT molecular complexity index is 1310. The molecule has 2 bridgehead atoms. The first-order valence-electron chi connectivity index (χ1n) is 12.9. The molecule has 2 N–H and O–H groups in total. The summed E-state index contributed by atoms with van der Waals surface area (Å²) < 4.78 is 11.0. The van der Waals surface area contributed by atoms with Crippen LogP contribution in [0.3, 0.4) is 0 Å². The number of piperidine rings is 2. The fraction of sp³-hybridized carbons (Fsp3) is 0.536. The molecular weight excluding hydrogens is 440 g/mol. The molecule has 4 unspecified atom stereocenters. The summed E-state index contributed by atoms with van der Waals surface area (Å²) in [5.74, 6) is 2.78. The molecule has 1 amide bonds. The minimum Gasteiger partial charge on any atom is -0.497 e. The molecule has 0 saturated carbocycles. The first-order chi connectivity index (χ1) is 16.9. The van der Waals surface area contributed by atoms with Crippen LogP contribution in [0.2, 0.25) is 0 Å². The van der Waals surface area contributed by atoms with Crippen molar-refractivity contribution in [1.82, 2.24) is 9.80 Å². The van der Waals surface area contributed by atoms with Gasteiger partial charge in [0.05, 0.1) is 26.3 Å². The topological polar surface area (TPSA) is 66.1 Å². The number of methoxy groups -OCH3 is 2. The lowest BCUT2D eigenvalue weighted by Crippen LogP contribution is -2.91. The van der Waals surface area contributed by atoms with Gasteiger partial charge in [0.25, 0.3) is 0 Å². The van der Waals surface area contributed by atoms with Gasteiger partial charge in [-0.05, 0) is 36.1 Å². The summed E-state index contributed by atoms with van der Waals surface area (Å²) in [4.78, 5) is 19.4. The van der Waals surface area contributed by atoms with Crippen LogP contribution in [0.5, 0.6) is 11.5 Å². The summed E-state index contributed by atoms with van der Waals surface area (Å²) in [6, 6.07) is 13.0. The highest BCUT2D eigenvalue weighted by Crippen LogP contribution is 2.76. The summed E-state index contributed by atoms with van der Waals surface area (Å²) >= 11 is 0. The number of benzene rings is 2. The molecule has 2 aromatic rings. The van der Waals surface area contributed by atoms with Crippen LogP contribution < -0.4 is 20.1 Å². The van der Waals surface area contributed by atoms with Crippen LogP contribution in [-0.4, -0.2) is 66.3 Å². The SMILES string of the molecule is COc1ccc2c(c1)NC1C2CCN2C(=O)[C@]34C5Nc6cc(OC)ccc6C5CCN3[C@]12C4(C)C. The maximum absolute atomic E-state index is 14.5. The smallest absolute Gasteiger partial charge is 0.247 e. The standard InChI is InChI=1S/C28H32N4O3/c1-26(2)27-23-19(17-7-5-15(34-3)13-21(17)29-23)10-12-32(27)28(26)24-20(9-11-31(28)25(27)33)18-8-6-16(35-4)14-22(18)30-24/h5-8,13-14,19-20,23-24,29-30H,9-12H2,1-4H3/t19?,20?,23?,24?,27-,28-/m0/s1. The second kappa shape index (κ2) is 6.06. The Hall–Kier alpha value is -2.93. The van der Waals surface area contributed by atoms with Gasteiger partial charge in [-0.2, -0.15) is 0 Å². The first kappa shape index (κ1) is 20.3. The van der Waals surface area contributed by atoms with Crippen molar-refractivity contribution in [2.75, 3.05) is 37.9 Å². The number of hydrogen-bond donors (Lipinski definition) is 2. The van der Waals surface area contributed by atoms with Crippen molar-refractivity contribution in [3.63, 3.8) is 0 Å². The molecule has 5 fully saturated rings. The number of amides is 1. The van der Waals surface area contributed by atoms with Crippen molar-refractivity contribution in [2.45, 2.75) is 61.8 Å². The van der Waals surface area contributed by atoms with E-state index in [2.05, 4.69) is 70.7 Å². The monoisotopic (exact) mass is 472 g/mol. The van der Waals surface area contributed by atoms with E-state index in [1.807, 2.05) is 0 Å². The highest BCUT2D eigenvalue weighted by molar-refractivity contribution is 5.99. The zero-order valence-corrected chi connectivity index (χ0v) is 20.7. The molecule has 7 heteroatoms. The number of hydrogen-bond acceptors (Lipinski definition) is 6. The minimum atomic E-state index is -0.537. The van der Waals surface area contributed by atoms with Crippen LogP contribution in [0.25, 0.3) is 0 Å². The molecule has 6 atom stereocenters. The number of carbonyl (C=O) groups is 1. The molecule has 2 aromatic carbocycles. The molecule has 182 valence electrons. The molecule has 9 rings (SSSR count). The van der Waals surface area contributed by atoms with Gasteiger partial charge in [-0.3, -0.25) is 9.69 Å². The largest absolute Gasteiger partial charge is 0.497 e. The highest BCUT2D eigenvalue weighted by Gasteiger charge is 2.92. The lowest BCUT2D eigenvalue weighted by atomic mass is 9.48. The Labute approximate surface area is 205 Å². The Balaban J connectivity index is 1.25. The van der Waals surface area contributed by atoms with E-state index < -0.39 is 5.54 Å². The van der Waals surface area contributed by atoms with Gasteiger partial charge >= 0.3 is 0 Å². The molecule has 5 saturated heterocycles. The maximum Gasteiger partial charge on any atom is 0.247 e. The van der Waals surface area contributed by atoms with Crippen LogP contribution >= 0.6 is 0 Å². The van der Waals surface area contributed by atoms with Crippen molar-refractivity contribution >= 4 is 17.3 Å². The number of nitrogens with one attached hydrogen (secondary N) is 2. The van der Waals surface area contributed by atoms with Gasteiger partial charge in [-0.25, -0.2) is 0 Å². The lowest BCUT2D eigenvalue weighted by molar-refractivity contribution is -0.270. The van der Waals surface area contributed by atoms with E-state index >= 15 is 0 Å². The van der Waals surface area contributed by atoms with Crippen molar-refractivity contribution in [2.24, 2.45) is 5.41 Å². The van der Waals surface area contributed by atoms with Crippen LogP contribution in [0.15, 0.2) is 36.4 Å². The Morgan fingerprint density at radius 3 is 2.06 bits per heavy atom. The van der Waals surface area contributed by atoms with Crippen molar-refractivity contribution < 1.29 is 14.3 Å². The van der Waals surface area contributed by atoms with E-state index in [4.69, 9.17) is 9.47 Å². The molecule has 2 spiro atoms. The molecule has 7 nitrogen and oxygen atoms in total. The quantitative estimate of drug-likeness (QED) is 0.697. The zero-order valence-electron chi connectivity index (χ0n) is 20.7. The van der Waals surface area contributed by atoms with Gasteiger partial charge in [0.15, 0.2) is 0 Å². The van der Waals surface area contributed by atoms with Crippen LogP contribution in [-0.2, 0) is 4.79 Å². The normalized spacial score (nSPS) is 38.6. The second-order valence-electron chi connectivity index (χ2n) is 11.7. The number of rotatable bonds is 2. The van der Waals surface area contributed by atoms with Gasteiger partial charge in [0.1, 0.15) is 22.7 Å². The van der Waals surface area contributed by atoms with E-state index in [-0.39, 0.29) is 23.2 Å². The minimum absolute atomic E-state index is 0.0689. The summed E-state index contributed by atoms with van der Waals surface area (Å²) in [6.07, 6.45) is 2.04. The zero-order chi connectivity index (χ0) is 23.9. The third-order valence-electron chi connectivity index (χ3n) is 10.7. The van der Waals surface area contributed by atoms with Gasteiger partial charge < -0.3 is 25.0 Å². The number of fused-ring (bicyclic) bond motifs is 6. The summed E-state index contributed by atoms with van der Waals surface area (Å²) in [5, 5.41) is 7.75. The van der Waals surface area contributed by atoms with Crippen molar-refractivity contribution in [1.29, 1.82) is 0 Å². The average molecular weight is 473 g/mol. The fourth-order valence-corrected chi connectivity index (χ4v) is 9.50. The Kier molecular flexibility index (Phi) is 3.51. The number of nitrogens with zero attached hydrogens (tertiary/aromatic N) is 2. The van der Waals surface area contributed by atoms with E-state index in [0.717, 1.165) is 48.8 Å². The molecule has 7 aliphatic heterocycles. The predicted octanol–water partition coefficient (Wildman–Crippen LogP) is 3.59. The van der Waals surface area contributed by atoms with Gasteiger partial charge in [0, 0.05) is 53.8 Å². The third-order valence-corrected chi connectivity index (χ3v) is 10.7. The second-order valence-corrected chi connectivity index (χ2v) is 11.7. The average Bonchev–Trinajstić information content (AvgIpc) is 3.53. The van der Waals surface area contributed by atoms with Gasteiger partial charge in [0.2, 0.25) is 5.91 Å². The van der Waals surface area contributed by atoms with E-state index in [1.165, 1.54) is 11.1 Å². The summed E-state index contributed by atoms with van der Waals surface area (Å²) in [6.45, 7) is 6.45.